The van der Waals surface area contributed by atoms with Crippen LogP contribution in [0.1, 0.15) is 41.5 Å². The van der Waals surface area contributed by atoms with E-state index in [4.69, 9.17) is 4.52 Å². The molecule has 5 nitrogen and oxygen atoms in total. The molecule has 0 N–H and O–H groups in total. The lowest BCUT2D eigenvalue weighted by molar-refractivity contribution is -0.129. The van der Waals surface area contributed by atoms with E-state index in [9.17, 15) is 4.79 Å². The van der Waals surface area contributed by atoms with Crippen LogP contribution in [-0.2, 0) is 11.3 Å². The van der Waals surface area contributed by atoms with Crippen molar-refractivity contribution in [2.45, 2.75) is 39.3 Å². The Morgan fingerprint density at radius 3 is 2.89 bits per heavy atom. The first kappa shape index (κ1) is 17.9. The maximum absolute atomic E-state index is 12.4. The van der Waals surface area contributed by atoms with Crippen LogP contribution in [0.4, 0.5) is 0 Å². The van der Waals surface area contributed by atoms with E-state index in [-0.39, 0.29) is 11.9 Å². The molecule has 1 atom stereocenters. The highest BCUT2D eigenvalue weighted by molar-refractivity contribution is 9.10. The Kier molecular flexibility index (Phi) is 4.83. The Hall–Kier alpha value is -2.47. The number of rotatable bonds is 4. The number of carbonyl (C=O) groups is 1. The molecular weight excluding hydrogens is 406 g/mol. The molecule has 1 unspecified atom stereocenters. The van der Waals surface area contributed by atoms with Crippen LogP contribution in [0.5, 0.6) is 0 Å². The Balaban J connectivity index is 1.61. The summed E-state index contributed by atoms with van der Waals surface area (Å²) in [6, 6.07) is 14.0. The zero-order valence-electron chi connectivity index (χ0n) is 15.3. The minimum atomic E-state index is -0.178. The van der Waals surface area contributed by atoms with E-state index in [0.29, 0.717) is 31.1 Å². The zero-order valence-corrected chi connectivity index (χ0v) is 16.9. The number of nitrogens with zero attached hydrogens (tertiary/aromatic N) is 3. The van der Waals surface area contributed by atoms with Crippen LogP contribution >= 0.6 is 15.9 Å². The van der Waals surface area contributed by atoms with E-state index in [1.54, 1.807) is 0 Å². The summed E-state index contributed by atoms with van der Waals surface area (Å²) in [4.78, 5) is 18.9. The van der Waals surface area contributed by atoms with Gasteiger partial charge in [0.15, 0.2) is 0 Å². The molecule has 1 amide bonds. The van der Waals surface area contributed by atoms with Gasteiger partial charge in [-0.05, 0) is 49.6 Å². The quantitative estimate of drug-likeness (QED) is 0.591. The molecular formula is C21H20BrN3O2. The van der Waals surface area contributed by atoms with Crippen molar-refractivity contribution in [2.24, 2.45) is 0 Å². The van der Waals surface area contributed by atoms with Gasteiger partial charge in [-0.3, -0.25) is 4.79 Å². The Bertz CT molecular complexity index is 999. The normalized spacial score (nSPS) is 16.9. The predicted molar refractivity (Wildman–Crippen MR) is 106 cm³/mol. The van der Waals surface area contributed by atoms with E-state index in [0.717, 1.165) is 26.7 Å². The second-order valence-electron chi connectivity index (χ2n) is 6.98. The van der Waals surface area contributed by atoms with E-state index in [1.165, 1.54) is 0 Å². The molecule has 0 saturated carbocycles. The summed E-state index contributed by atoms with van der Waals surface area (Å²) in [7, 11) is 0. The average molecular weight is 426 g/mol. The SMILES string of the molecule is Cc1ccc(C)c(-c2noc(C3CCC(=O)N3Cc3cccc(Br)c3)n2)c1. The van der Waals surface area contributed by atoms with Gasteiger partial charge < -0.3 is 9.42 Å². The first-order valence-corrected chi connectivity index (χ1v) is 9.76. The summed E-state index contributed by atoms with van der Waals surface area (Å²) in [5.41, 5.74) is 4.28. The van der Waals surface area contributed by atoms with Crippen molar-refractivity contribution >= 4 is 21.8 Å². The molecule has 3 aromatic rings. The van der Waals surface area contributed by atoms with Crippen LogP contribution in [-0.4, -0.2) is 20.9 Å². The van der Waals surface area contributed by atoms with Crippen LogP contribution in [0, 0.1) is 13.8 Å². The third-order valence-electron chi connectivity index (χ3n) is 4.93. The number of carbonyl (C=O) groups excluding carboxylic acids is 1. The van der Waals surface area contributed by atoms with Gasteiger partial charge in [0.05, 0.1) is 0 Å². The van der Waals surface area contributed by atoms with Gasteiger partial charge in [0.2, 0.25) is 17.6 Å². The van der Waals surface area contributed by atoms with Crippen LogP contribution in [0.15, 0.2) is 51.5 Å². The third-order valence-corrected chi connectivity index (χ3v) is 5.42. The first-order chi connectivity index (χ1) is 13.0. The van der Waals surface area contributed by atoms with Crippen LogP contribution in [0.3, 0.4) is 0 Å². The van der Waals surface area contributed by atoms with Crippen molar-refractivity contribution < 1.29 is 9.32 Å². The molecule has 1 fully saturated rings. The monoisotopic (exact) mass is 425 g/mol. The number of aromatic nitrogens is 2. The topological polar surface area (TPSA) is 59.2 Å². The molecule has 0 spiro atoms. The van der Waals surface area contributed by atoms with Crippen molar-refractivity contribution in [1.29, 1.82) is 0 Å². The van der Waals surface area contributed by atoms with Crippen molar-refractivity contribution in [3.63, 3.8) is 0 Å². The Labute approximate surface area is 166 Å². The molecule has 0 bridgehead atoms. The van der Waals surface area contributed by atoms with Gasteiger partial charge in [0.1, 0.15) is 6.04 Å². The highest BCUT2D eigenvalue weighted by Gasteiger charge is 2.36. The molecule has 1 aliphatic rings. The summed E-state index contributed by atoms with van der Waals surface area (Å²) in [5, 5.41) is 4.18. The van der Waals surface area contributed by atoms with E-state index in [1.807, 2.05) is 43.0 Å². The van der Waals surface area contributed by atoms with Gasteiger partial charge in [-0.15, -0.1) is 0 Å². The maximum atomic E-state index is 12.4. The number of likely N-dealkylation sites (tertiary alicyclic amines) is 1. The Morgan fingerprint density at radius 1 is 1.22 bits per heavy atom. The van der Waals surface area contributed by atoms with Crippen molar-refractivity contribution in [3.8, 4) is 11.4 Å². The second kappa shape index (κ2) is 7.27. The average Bonchev–Trinajstić information content (AvgIpc) is 3.25. The lowest BCUT2D eigenvalue weighted by Gasteiger charge is -2.22. The number of amides is 1. The number of benzene rings is 2. The Morgan fingerprint density at radius 2 is 2.07 bits per heavy atom. The molecule has 1 saturated heterocycles. The number of hydrogen-bond acceptors (Lipinski definition) is 4. The largest absolute Gasteiger partial charge is 0.337 e. The summed E-state index contributed by atoms with van der Waals surface area (Å²) >= 11 is 3.48. The van der Waals surface area contributed by atoms with Gasteiger partial charge >= 0.3 is 0 Å². The van der Waals surface area contributed by atoms with Crippen molar-refractivity contribution in [1.82, 2.24) is 15.0 Å². The highest BCUT2D eigenvalue weighted by Crippen LogP contribution is 2.34. The van der Waals surface area contributed by atoms with Crippen LogP contribution < -0.4 is 0 Å². The molecule has 1 aromatic heterocycles. The summed E-state index contributed by atoms with van der Waals surface area (Å²) < 4.78 is 6.57. The minimum Gasteiger partial charge on any atom is -0.337 e. The molecule has 2 aromatic carbocycles. The predicted octanol–water partition coefficient (Wildman–Crippen LogP) is 4.98. The highest BCUT2D eigenvalue weighted by atomic mass is 79.9. The van der Waals surface area contributed by atoms with Gasteiger partial charge in [-0.25, -0.2) is 0 Å². The molecule has 1 aliphatic heterocycles. The molecule has 2 heterocycles. The molecule has 0 aliphatic carbocycles. The van der Waals surface area contributed by atoms with Gasteiger partial charge in [0, 0.05) is 23.0 Å². The third kappa shape index (κ3) is 3.67. The fraction of sp³-hybridized carbons (Fsp3) is 0.286. The standard InChI is InChI=1S/C21H20BrN3O2/c1-13-6-7-14(2)17(10-13)20-23-21(27-24-20)18-8-9-19(26)25(18)12-15-4-3-5-16(22)11-15/h3-7,10-11,18H,8-9,12H2,1-2H3. The fourth-order valence-corrected chi connectivity index (χ4v) is 3.92. The first-order valence-electron chi connectivity index (χ1n) is 8.96. The molecule has 138 valence electrons. The molecule has 0 radical (unpaired) electrons. The van der Waals surface area contributed by atoms with E-state index in [2.05, 4.69) is 44.3 Å². The number of aryl methyl sites for hydroxylation is 2. The van der Waals surface area contributed by atoms with E-state index < -0.39 is 0 Å². The number of hydrogen-bond donors (Lipinski definition) is 0. The van der Waals surface area contributed by atoms with Crippen molar-refractivity contribution in [2.75, 3.05) is 0 Å². The number of halogens is 1. The molecule has 6 heteroatoms. The second-order valence-corrected chi connectivity index (χ2v) is 7.90. The zero-order chi connectivity index (χ0) is 19.0. The fourth-order valence-electron chi connectivity index (χ4n) is 3.48. The lowest BCUT2D eigenvalue weighted by atomic mass is 10.1. The molecule has 4 rings (SSSR count). The smallest absolute Gasteiger partial charge is 0.249 e. The van der Waals surface area contributed by atoms with Gasteiger partial charge in [0.25, 0.3) is 0 Å². The summed E-state index contributed by atoms with van der Waals surface area (Å²) in [6.45, 7) is 4.60. The van der Waals surface area contributed by atoms with E-state index >= 15 is 0 Å². The van der Waals surface area contributed by atoms with Gasteiger partial charge in [-0.2, -0.15) is 4.98 Å². The summed E-state index contributed by atoms with van der Waals surface area (Å²) in [5.74, 6) is 1.20. The van der Waals surface area contributed by atoms with Crippen LogP contribution in [0.25, 0.3) is 11.4 Å². The minimum absolute atomic E-state index is 0.117. The van der Waals surface area contributed by atoms with Gasteiger partial charge in [-0.1, -0.05) is 50.9 Å². The maximum Gasteiger partial charge on any atom is 0.249 e. The lowest BCUT2D eigenvalue weighted by Crippen LogP contribution is -2.27. The van der Waals surface area contributed by atoms with Crippen molar-refractivity contribution in [3.05, 3.63) is 69.5 Å². The van der Waals surface area contributed by atoms with Crippen LogP contribution in [0.2, 0.25) is 0 Å². The summed E-state index contributed by atoms with van der Waals surface area (Å²) in [6.07, 6.45) is 1.20. The molecule has 27 heavy (non-hydrogen) atoms.